The van der Waals surface area contributed by atoms with Gasteiger partial charge in [-0.3, -0.25) is 14.5 Å². The summed E-state index contributed by atoms with van der Waals surface area (Å²) in [6.07, 6.45) is -1.21. The van der Waals surface area contributed by atoms with Crippen molar-refractivity contribution in [1.29, 1.82) is 0 Å². The van der Waals surface area contributed by atoms with Gasteiger partial charge in [0.2, 0.25) is 11.8 Å². The first kappa shape index (κ1) is 32.5. The molecule has 0 aliphatic carbocycles. The Bertz CT molecular complexity index is 1240. The van der Waals surface area contributed by atoms with Gasteiger partial charge < -0.3 is 34.7 Å². The molecule has 0 saturated carbocycles. The lowest BCUT2D eigenvalue weighted by atomic mass is 9.74. The third-order valence-electron chi connectivity index (χ3n) is 7.69. The van der Waals surface area contributed by atoms with Crippen molar-refractivity contribution >= 4 is 31.1 Å². The van der Waals surface area contributed by atoms with Gasteiger partial charge in [-0.2, -0.15) is 0 Å². The molecule has 3 heterocycles. The maximum absolute atomic E-state index is 14.3. The molecule has 12 nitrogen and oxygen atoms in total. The van der Waals surface area contributed by atoms with Crippen molar-refractivity contribution in [3.8, 4) is 0 Å². The molecule has 43 heavy (non-hydrogen) atoms. The number of carbonyl (C=O) groups excluding carboxylic acids is 4. The number of nitrogens with one attached hydrogen (secondary N) is 2. The molecule has 3 aliphatic heterocycles. The largest absolute Gasteiger partial charge is 0.478 e. The van der Waals surface area contributed by atoms with Gasteiger partial charge >= 0.3 is 19.3 Å². The third kappa shape index (κ3) is 7.97. The molecule has 1 aromatic rings. The molecule has 14 heteroatoms. The number of likely N-dealkylation sites (tertiary alicyclic amines) is 1. The highest BCUT2D eigenvalue weighted by Crippen LogP contribution is 2.30. The standard InChI is InChI=1S/C29H42BFN4O8/c1-28(2,3)23(33-26(38)43-29(4,5)6)25(37)35-15-18(13-21(35)24(36)32-22-11-8-12-41-30(22)40)42-27(39)34-14-17-9-7-10-20(31)19(17)16-34/h7,9-10,18,21-23,40H,8,11-16H2,1-6H3,(H,32,36)(H,33,38)/t18-,21+,22?,23-/m1/s1. The lowest BCUT2D eigenvalue weighted by Gasteiger charge is -2.36. The number of alkyl carbamates (subject to hydrolysis) is 1. The van der Waals surface area contributed by atoms with E-state index in [0.717, 1.165) is 0 Å². The van der Waals surface area contributed by atoms with Crippen LogP contribution in [0.2, 0.25) is 0 Å². The molecule has 0 aromatic heterocycles. The van der Waals surface area contributed by atoms with Gasteiger partial charge in [-0.15, -0.1) is 0 Å². The number of fused-ring (bicyclic) bond motifs is 1. The zero-order valence-corrected chi connectivity index (χ0v) is 25.6. The number of nitrogens with zero attached hydrogens (tertiary/aromatic N) is 2. The molecule has 0 bridgehead atoms. The van der Waals surface area contributed by atoms with E-state index in [4.69, 9.17) is 14.1 Å². The summed E-state index contributed by atoms with van der Waals surface area (Å²) >= 11 is 0. The van der Waals surface area contributed by atoms with Crippen molar-refractivity contribution in [2.75, 3.05) is 13.2 Å². The number of benzene rings is 1. The monoisotopic (exact) mass is 604 g/mol. The Labute approximate surface area is 251 Å². The van der Waals surface area contributed by atoms with E-state index in [0.29, 0.717) is 30.6 Å². The molecule has 1 unspecified atom stereocenters. The minimum absolute atomic E-state index is 0.00850. The minimum atomic E-state index is -1.19. The second kappa shape index (κ2) is 12.7. The van der Waals surface area contributed by atoms with Crippen molar-refractivity contribution in [3.05, 3.63) is 35.1 Å². The average Bonchev–Trinajstić information content (AvgIpc) is 3.52. The summed E-state index contributed by atoms with van der Waals surface area (Å²) in [4.78, 5) is 56.1. The summed E-state index contributed by atoms with van der Waals surface area (Å²) in [7, 11) is -1.19. The number of hydrogen-bond acceptors (Lipinski definition) is 8. The summed E-state index contributed by atoms with van der Waals surface area (Å²) in [6.45, 7) is 10.9. The Morgan fingerprint density at radius 1 is 1.14 bits per heavy atom. The first-order valence-corrected chi connectivity index (χ1v) is 14.7. The summed E-state index contributed by atoms with van der Waals surface area (Å²) in [5.41, 5.74) is -0.462. The lowest BCUT2D eigenvalue weighted by Crippen LogP contribution is -2.60. The average molecular weight is 604 g/mol. The van der Waals surface area contributed by atoms with E-state index < -0.39 is 72.1 Å². The molecular formula is C29H42BFN4O8. The fourth-order valence-corrected chi connectivity index (χ4v) is 5.53. The molecule has 1 aromatic carbocycles. The molecule has 4 rings (SSSR count). The topological polar surface area (TPSA) is 147 Å². The van der Waals surface area contributed by atoms with Crippen molar-refractivity contribution in [2.45, 2.75) is 104 Å². The normalized spacial score (nSPS) is 23.0. The number of amides is 4. The number of carbonyl (C=O) groups is 4. The molecule has 3 aliphatic rings. The Morgan fingerprint density at radius 2 is 1.86 bits per heavy atom. The van der Waals surface area contributed by atoms with Gasteiger partial charge in [0.15, 0.2) is 0 Å². The van der Waals surface area contributed by atoms with Gasteiger partial charge in [0.25, 0.3) is 0 Å². The Hall–Kier alpha value is -3.39. The smallest absolute Gasteiger partial charge is 0.444 e. The van der Waals surface area contributed by atoms with Gasteiger partial charge in [-0.25, -0.2) is 14.0 Å². The Kier molecular flexibility index (Phi) is 9.60. The summed E-state index contributed by atoms with van der Waals surface area (Å²) in [6, 6.07) is 2.53. The van der Waals surface area contributed by atoms with Crippen LogP contribution in [-0.4, -0.2) is 88.8 Å². The first-order valence-electron chi connectivity index (χ1n) is 14.7. The third-order valence-corrected chi connectivity index (χ3v) is 7.69. The maximum atomic E-state index is 14.3. The maximum Gasteiger partial charge on any atom is 0.478 e. The highest BCUT2D eigenvalue weighted by Gasteiger charge is 2.47. The Morgan fingerprint density at radius 3 is 2.49 bits per heavy atom. The molecule has 4 atom stereocenters. The lowest BCUT2D eigenvalue weighted by molar-refractivity contribution is -0.142. The van der Waals surface area contributed by atoms with Crippen LogP contribution in [0.15, 0.2) is 18.2 Å². The molecule has 0 radical (unpaired) electrons. The molecule has 2 fully saturated rings. The second-order valence-electron chi connectivity index (χ2n) is 13.4. The first-order chi connectivity index (χ1) is 20.0. The van der Waals surface area contributed by atoms with Crippen LogP contribution in [0.1, 0.15) is 71.9 Å². The van der Waals surface area contributed by atoms with E-state index >= 15 is 0 Å². The molecule has 3 N–H and O–H groups in total. The van der Waals surface area contributed by atoms with E-state index in [1.165, 1.54) is 15.9 Å². The molecule has 0 spiro atoms. The zero-order chi connectivity index (χ0) is 31.7. The molecular weight excluding hydrogens is 562 g/mol. The van der Waals surface area contributed by atoms with E-state index in [-0.39, 0.29) is 26.1 Å². The van der Waals surface area contributed by atoms with E-state index in [1.807, 2.05) is 0 Å². The summed E-state index contributed by atoms with van der Waals surface area (Å²) in [5.74, 6) is -2.16. The number of ether oxygens (including phenoxy) is 2. The number of halogens is 1. The second-order valence-corrected chi connectivity index (χ2v) is 13.4. The summed E-state index contributed by atoms with van der Waals surface area (Å²) in [5, 5.41) is 15.7. The molecule has 236 valence electrons. The summed E-state index contributed by atoms with van der Waals surface area (Å²) < 4.78 is 30.7. The number of hydrogen-bond donors (Lipinski definition) is 3. The van der Waals surface area contributed by atoms with Crippen molar-refractivity contribution in [3.63, 3.8) is 0 Å². The molecule has 2 saturated heterocycles. The van der Waals surface area contributed by atoms with Crippen LogP contribution >= 0.6 is 0 Å². The van der Waals surface area contributed by atoms with Crippen molar-refractivity contribution < 1.29 is 42.7 Å². The fourth-order valence-electron chi connectivity index (χ4n) is 5.53. The van der Waals surface area contributed by atoms with Crippen LogP contribution in [-0.2, 0) is 36.8 Å². The fraction of sp³-hybridized carbons (Fsp3) is 0.655. The SMILES string of the molecule is CC(C)(C)OC(=O)N[C@H](C(=O)N1C[C@H](OC(=O)N2Cc3cccc(F)c3C2)C[C@H]1C(=O)NC1CCCOB1O)C(C)(C)C. The predicted molar refractivity (Wildman–Crippen MR) is 154 cm³/mol. The van der Waals surface area contributed by atoms with Crippen LogP contribution in [0.3, 0.4) is 0 Å². The van der Waals surface area contributed by atoms with Gasteiger partial charge in [-0.05, 0) is 50.7 Å². The number of rotatable bonds is 5. The highest BCUT2D eigenvalue weighted by molar-refractivity contribution is 6.45. The van der Waals surface area contributed by atoms with E-state index in [9.17, 15) is 28.6 Å². The van der Waals surface area contributed by atoms with Crippen molar-refractivity contribution in [2.24, 2.45) is 5.41 Å². The van der Waals surface area contributed by atoms with Crippen LogP contribution in [0.25, 0.3) is 0 Å². The van der Waals surface area contributed by atoms with Crippen LogP contribution in [0.4, 0.5) is 14.0 Å². The quantitative estimate of drug-likeness (QED) is 0.435. The van der Waals surface area contributed by atoms with E-state index in [1.54, 1.807) is 53.7 Å². The van der Waals surface area contributed by atoms with Crippen molar-refractivity contribution in [1.82, 2.24) is 20.4 Å². The van der Waals surface area contributed by atoms with Crippen LogP contribution in [0.5, 0.6) is 0 Å². The molecule has 4 amide bonds. The highest BCUT2D eigenvalue weighted by atomic mass is 19.1. The predicted octanol–water partition coefficient (Wildman–Crippen LogP) is 2.50. The Balaban J connectivity index is 1.52. The minimum Gasteiger partial charge on any atom is -0.444 e. The zero-order valence-electron chi connectivity index (χ0n) is 25.6. The van der Waals surface area contributed by atoms with Gasteiger partial charge in [0, 0.05) is 25.1 Å². The van der Waals surface area contributed by atoms with Gasteiger partial charge in [-0.1, -0.05) is 32.9 Å². The van der Waals surface area contributed by atoms with Crippen LogP contribution in [0, 0.1) is 11.2 Å². The van der Waals surface area contributed by atoms with Gasteiger partial charge in [0.05, 0.1) is 19.0 Å². The van der Waals surface area contributed by atoms with Crippen LogP contribution < -0.4 is 10.6 Å². The van der Waals surface area contributed by atoms with Gasteiger partial charge in [0.1, 0.15) is 29.6 Å². The van der Waals surface area contributed by atoms with E-state index in [2.05, 4.69) is 10.6 Å².